The van der Waals surface area contributed by atoms with Gasteiger partial charge >= 0.3 is 16.5 Å². The fourth-order valence-corrected chi connectivity index (χ4v) is 0.353. The van der Waals surface area contributed by atoms with Crippen molar-refractivity contribution in [1.29, 1.82) is 0 Å². The first-order chi connectivity index (χ1) is 3.75. The summed E-state index contributed by atoms with van der Waals surface area (Å²) in [6.45, 7) is 0. The quantitative estimate of drug-likeness (QED) is 0.302. The van der Waals surface area contributed by atoms with Gasteiger partial charge in [0, 0.05) is 0 Å². The normalized spacial score (nSPS) is 9.00. The molecule has 0 aliphatic carbocycles. The van der Waals surface area contributed by atoms with Gasteiger partial charge in [-0.25, -0.2) is 0 Å². The third-order valence-electron chi connectivity index (χ3n) is 0.757. The third-order valence-corrected chi connectivity index (χ3v) is 0.757. The van der Waals surface area contributed by atoms with Crippen LogP contribution in [0.25, 0.3) is 5.53 Å². The second-order valence-corrected chi connectivity index (χ2v) is 1.23. The van der Waals surface area contributed by atoms with Crippen LogP contribution in [0, 0.1) is 0 Å². The molecule has 0 fully saturated rings. The Bertz CT molecular complexity index is 320. The minimum Gasteiger partial charge on any atom is -0.360 e. The van der Waals surface area contributed by atoms with Crippen molar-refractivity contribution in [3.63, 3.8) is 0 Å². The first-order valence-electron chi connectivity index (χ1n) is 1.83. The maximum Gasteiger partial charge on any atom is 0.443 e. The number of aromatic amines is 1. The summed E-state index contributed by atoms with van der Waals surface area (Å²) in [5, 5.41) is -0.426. The maximum atomic E-state index is 10.0. The Labute approximate surface area is 42.5 Å². The van der Waals surface area contributed by atoms with Gasteiger partial charge in [-0.05, 0) is 0 Å². The van der Waals surface area contributed by atoms with E-state index in [0.29, 0.717) is 0 Å². The lowest BCUT2D eigenvalue weighted by Gasteiger charge is -1.70. The van der Waals surface area contributed by atoms with Crippen molar-refractivity contribution in [2.75, 3.05) is 0 Å². The van der Waals surface area contributed by atoms with Gasteiger partial charge in [-0.3, -0.25) is 14.6 Å². The van der Waals surface area contributed by atoms with Crippen LogP contribution in [0.15, 0.2) is 9.59 Å². The molecule has 5 nitrogen and oxygen atoms in total. The van der Waals surface area contributed by atoms with Crippen LogP contribution in [0.4, 0.5) is 0 Å². The summed E-state index contributed by atoms with van der Waals surface area (Å²) >= 11 is 0. The molecule has 8 heavy (non-hydrogen) atoms. The second kappa shape index (κ2) is 1.24. The SMILES string of the molecule is [N-]=[N+]=c1c(=O)[nH]c1=O. The molecule has 1 aromatic heterocycles. The van der Waals surface area contributed by atoms with Crippen LogP contribution in [0.3, 0.4) is 0 Å². The number of hydrogen-bond acceptors (Lipinski definition) is 2. The van der Waals surface area contributed by atoms with Crippen molar-refractivity contribution < 1.29 is 4.79 Å². The molecule has 1 aromatic rings. The minimum absolute atomic E-state index is 0.426. The van der Waals surface area contributed by atoms with Crippen LogP contribution in [0.1, 0.15) is 0 Å². The molecule has 0 aliphatic heterocycles. The third kappa shape index (κ3) is 0.357. The molecule has 1 N–H and O–H groups in total. The van der Waals surface area contributed by atoms with E-state index >= 15 is 0 Å². The first-order valence-corrected chi connectivity index (χ1v) is 1.83. The monoisotopic (exact) mass is 111 g/mol. The number of nitrogens with one attached hydrogen (secondary N) is 1. The van der Waals surface area contributed by atoms with Gasteiger partial charge in [0.15, 0.2) is 0 Å². The van der Waals surface area contributed by atoms with Gasteiger partial charge in [-0.2, -0.15) is 4.79 Å². The maximum absolute atomic E-state index is 10.0. The molecule has 0 aliphatic rings. The molecular weight excluding hydrogens is 110 g/mol. The zero-order valence-electron chi connectivity index (χ0n) is 3.71. The van der Waals surface area contributed by atoms with Crippen LogP contribution in [-0.2, 0) is 0 Å². The van der Waals surface area contributed by atoms with Gasteiger partial charge in [-0.1, -0.05) is 0 Å². The highest BCUT2D eigenvalue weighted by atomic mass is 16.2. The van der Waals surface area contributed by atoms with Crippen LogP contribution in [-0.4, -0.2) is 9.77 Å². The van der Waals surface area contributed by atoms with Gasteiger partial charge in [0.1, 0.15) is 0 Å². The lowest BCUT2D eigenvalue weighted by molar-refractivity contribution is -0.0725. The Kier molecular flexibility index (Phi) is 0.727. The van der Waals surface area contributed by atoms with Crippen LogP contribution in [0.2, 0.25) is 0 Å². The number of nitrogens with zero attached hydrogens (tertiary/aromatic N) is 2. The van der Waals surface area contributed by atoms with Crippen molar-refractivity contribution in [3.8, 4) is 0 Å². The molecular formula is C3HN3O2. The zero-order valence-corrected chi connectivity index (χ0v) is 3.71. The Morgan fingerprint density at radius 1 is 1.38 bits per heavy atom. The van der Waals surface area contributed by atoms with E-state index in [4.69, 9.17) is 5.53 Å². The number of aromatic nitrogens is 1. The Hall–Kier alpha value is -1.48. The Balaban J connectivity index is 3.88. The van der Waals surface area contributed by atoms with Crippen molar-refractivity contribution >= 4 is 0 Å². The molecule has 0 atom stereocenters. The standard InChI is InChI=1S/C3HN3O2/c4-6-1-2(7)5-3(1)8/h(H,5,7,8). The van der Waals surface area contributed by atoms with Crippen molar-refractivity contribution in [2.24, 2.45) is 0 Å². The molecule has 0 saturated carbocycles. The topological polar surface area (TPSA) is 86.3 Å². The largest absolute Gasteiger partial charge is 0.443 e. The lowest BCUT2D eigenvalue weighted by Crippen LogP contribution is -2.52. The van der Waals surface area contributed by atoms with Crippen LogP contribution in [0.5, 0.6) is 0 Å². The predicted molar refractivity (Wildman–Crippen MR) is 22.5 cm³/mol. The molecule has 0 saturated heterocycles. The van der Waals surface area contributed by atoms with Gasteiger partial charge in [0.2, 0.25) is 0 Å². The van der Waals surface area contributed by atoms with E-state index in [1.54, 1.807) is 0 Å². The van der Waals surface area contributed by atoms with Crippen LogP contribution >= 0.6 is 0 Å². The molecule has 0 radical (unpaired) electrons. The highest BCUT2D eigenvalue weighted by Gasteiger charge is 2.09. The number of rotatable bonds is 0. The fourth-order valence-electron chi connectivity index (χ4n) is 0.353. The van der Waals surface area contributed by atoms with E-state index < -0.39 is 16.5 Å². The number of hydrogen-bond donors (Lipinski definition) is 1. The van der Waals surface area contributed by atoms with Gasteiger partial charge in [0.05, 0.1) is 0 Å². The molecule has 0 bridgehead atoms. The summed E-state index contributed by atoms with van der Waals surface area (Å²) in [6.07, 6.45) is 0. The summed E-state index contributed by atoms with van der Waals surface area (Å²) in [5.41, 5.74) is 6.58. The molecule has 0 amide bonds. The van der Waals surface area contributed by atoms with Gasteiger partial charge in [-0.15, -0.1) is 0 Å². The molecule has 1 rings (SSSR count). The molecule has 0 aromatic carbocycles. The summed E-state index contributed by atoms with van der Waals surface area (Å²) in [6, 6.07) is 0. The lowest BCUT2D eigenvalue weighted by atomic mass is 10.5. The van der Waals surface area contributed by atoms with E-state index in [2.05, 4.69) is 4.79 Å². The summed E-state index contributed by atoms with van der Waals surface area (Å²) in [5.74, 6) is 0. The molecule has 40 valence electrons. The highest BCUT2D eigenvalue weighted by Crippen LogP contribution is 1.28. The van der Waals surface area contributed by atoms with Crippen molar-refractivity contribution in [2.45, 2.75) is 0 Å². The van der Waals surface area contributed by atoms with E-state index in [-0.39, 0.29) is 0 Å². The van der Waals surface area contributed by atoms with E-state index in [9.17, 15) is 9.59 Å². The van der Waals surface area contributed by atoms with Gasteiger partial charge in [0.25, 0.3) is 0 Å². The summed E-state index contributed by atoms with van der Waals surface area (Å²) < 4.78 is 0. The number of H-pyrrole nitrogens is 1. The summed E-state index contributed by atoms with van der Waals surface area (Å²) in [7, 11) is 0. The molecule has 0 unspecified atom stereocenters. The smallest absolute Gasteiger partial charge is 0.360 e. The van der Waals surface area contributed by atoms with Crippen molar-refractivity contribution in [3.05, 3.63) is 31.6 Å². The second-order valence-electron chi connectivity index (χ2n) is 1.23. The predicted octanol–water partition coefficient (Wildman–Crippen LogP) is -2.26. The van der Waals surface area contributed by atoms with Gasteiger partial charge < -0.3 is 5.53 Å². The molecule has 0 spiro atoms. The first kappa shape index (κ1) is 4.67. The molecule has 1 heterocycles. The molecule has 5 heteroatoms. The van der Waals surface area contributed by atoms with E-state index in [1.807, 2.05) is 4.98 Å². The fraction of sp³-hybridized carbons (Fsp3) is 0. The van der Waals surface area contributed by atoms with Crippen LogP contribution < -0.4 is 16.5 Å². The zero-order chi connectivity index (χ0) is 6.15. The van der Waals surface area contributed by atoms with E-state index in [1.165, 1.54) is 0 Å². The highest BCUT2D eigenvalue weighted by molar-refractivity contribution is 4.81. The Morgan fingerprint density at radius 3 is 2.00 bits per heavy atom. The summed E-state index contributed by atoms with van der Waals surface area (Å²) in [4.78, 5) is 24.3. The Morgan fingerprint density at radius 2 is 1.88 bits per heavy atom. The average molecular weight is 111 g/mol. The van der Waals surface area contributed by atoms with E-state index in [0.717, 1.165) is 0 Å². The van der Waals surface area contributed by atoms with Crippen molar-refractivity contribution in [1.82, 2.24) is 4.98 Å². The minimum atomic E-state index is -0.627. The average Bonchev–Trinajstić information content (AvgIpc) is 1.67.